The molecule has 40 heavy (non-hydrogen) atoms. The third-order valence-corrected chi connectivity index (χ3v) is 6.29. The summed E-state index contributed by atoms with van der Waals surface area (Å²) >= 11 is 0. The predicted molar refractivity (Wildman–Crippen MR) is 181 cm³/mol. The lowest BCUT2D eigenvalue weighted by atomic mass is 10.1. The molecule has 0 aromatic heterocycles. The van der Waals surface area contributed by atoms with Crippen molar-refractivity contribution in [3.8, 4) is 0 Å². The molecule has 216 valence electrons. The highest BCUT2D eigenvalue weighted by Crippen LogP contribution is 2.12. The Morgan fingerprint density at radius 3 is 1.77 bits per heavy atom. The van der Waals surface area contributed by atoms with E-state index < -0.39 is 0 Å². The van der Waals surface area contributed by atoms with Gasteiger partial charge in [0.25, 0.3) is 0 Å². The zero-order valence-electron chi connectivity index (χ0n) is 25.1. The van der Waals surface area contributed by atoms with Crippen LogP contribution in [0.3, 0.4) is 0 Å². The molecule has 0 fully saturated rings. The lowest BCUT2D eigenvalue weighted by molar-refractivity contribution is 0.574. The molecule has 0 spiro atoms. The first-order valence-electron chi connectivity index (χ1n) is 15.1. The number of rotatable bonds is 24. The summed E-state index contributed by atoms with van der Waals surface area (Å²) in [4.78, 5) is 0. The molecular weight excluding hydrogens is 484 g/mol. The summed E-state index contributed by atoms with van der Waals surface area (Å²) in [5, 5.41) is 6.96. The number of nitrogens with one attached hydrogen (secondary N) is 2. The Morgan fingerprint density at radius 1 is 0.725 bits per heavy atom. The van der Waals surface area contributed by atoms with Crippen molar-refractivity contribution < 1.29 is 0 Å². The van der Waals surface area contributed by atoms with Gasteiger partial charge in [-0.15, -0.1) is 6.58 Å². The minimum absolute atomic E-state index is 0.240. The lowest BCUT2D eigenvalue weighted by Gasteiger charge is -2.18. The van der Waals surface area contributed by atoms with E-state index in [0.717, 1.165) is 94.1 Å². The van der Waals surface area contributed by atoms with Gasteiger partial charge in [0.2, 0.25) is 0 Å². The molecule has 0 bridgehead atoms. The van der Waals surface area contributed by atoms with Crippen molar-refractivity contribution in [2.75, 3.05) is 6.54 Å². The van der Waals surface area contributed by atoms with Gasteiger partial charge in [-0.2, -0.15) is 0 Å². The smallest absolute Gasteiger partial charge is 0.0441 e. The van der Waals surface area contributed by atoms with Crippen molar-refractivity contribution in [3.05, 3.63) is 140 Å². The number of benzene rings is 1. The molecular formula is C38H54N2. The molecule has 1 aromatic rings. The Labute approximate surface area is 246 Å². The maximum Gasteiger partial charge on any atom is 0.0441 e. The van der Waals surface area contributed by atoms with E-state index in [1.165, 1.54) is 0 Å². The van der Waals surface area contributed by atoms with Crippen LogP contribution in [0.4, 0.5) is 0 Å². The van der Waals surface area contributed by atoms with Gasteiger partial charge >= 0.3 is 0 Å². The maximum absolute atomic E-state index is 4.18. The van der Waals surface area contributed by atoms with Crippen LogP contribution < -0.4 is 10.6 Å². The number of hydrogen-bond donors (Lipinski definition) is 2. The molecule has 0 radical (unpaired) electrons. The molecule has 2 heteroatoms. The number of hydrogen-bond acceptors (Lipinski definition) is 2. The standard InChI is InChI=1S/C38H54N2/c1-5-7-8-9-10-11-12-13-14-15-16-17-18-19-20-21-22-23-25-30-35(3)39-34-29-28-33-38(6-2)40-36(4)37-31-26-24-27-32-37/h6-8,10-11,13-14,16-17,19-20,22-24,26-27,31-32,38-40H,2-5,9,12,15,18,21,25,28-30,33-34H2,1H3/b8-7-,11-10-,14-13-,17-16-,20-19-,23-22-. The van der Waals surface area contributed by atoms with E-state index in [4.69, 9.17) is 0 Å². The molecule has 1 rings (SSSR count). The molecule has 0 aliphatic heterocycles. The van der Waals surface area contributed by atoms with Crippen molar-refractivity contribution in [1.29, 1.82) is 0 Å². The monoisotopic (exact) mass is 538 g/mol. The largest absolute Gasteiger partial charge is 0.389 e. The Balaban J connectivity index is 2.00. The van der Waals surface area contributed by atoms with Gasteiger partial charge in [0.15, 0.2) is 0 Å². The van der Waals surface area contributed by atoms with Gasteiger partial charge in [0.1, 0.15) is 0 Å². The summed E-state index contributed by atoms with van der Waals surface area (Å²) in [6.45, 7) is 15.5. The highest BCUT2D eigenvalue weighted by Gasteiger charge is 2.06. The Bertz CT molecular complexity index is 972. The van der Waals surface area contributed by atoms with E-state index in [-0.39, 0.29) is 6.04 Å². The van der Waals surface area contributed by atoms with Gasteiger partial charge in [-0.3, -0.25) is 0 Å². The number of unbranched alkanes of at least 4 members (excludes halogenated alkanes) is 1. The van der Waals surface area contributed by atoms with Crippen LogP contribution in [-0.4, -0.2) is 12.6 Å². The van der Waals surface area contributed by atoms with Crippen LogP contribution in [0.5, 0.6) is 0 Å². The maximum atomic E-state index is 4.18. The molecule has 1 atom stereocenters. The lowest BCUT2D eigenvalue weighted by Crippen LogP contribution is -2.25. The van der Waals surface area contributed by atoms with E-state index in [2.05, 4.69) is 122 Å². The summed E-state index contributed by atoms with van der Waals surface area (Å²) in [5.74, 6) is 0. The van der Waals surface area contributed by atoms with E-state index in [1.807, 2.05) is 24.3 Å². The molecule has 0 heterocycles. The average molecular weight is 539 g/mol. The zero-order valence-corrected chi connectivity index (χ0v) is 25.1. The van der Waals surface area contributed by atoms with Crippen molar-refractivity contribution in [2.45, 2.75) is 83.6 Å². The third kappa shape index (κ3) is 20.4. The number of allylic oxidation sites excluding steroid dienone is 13. The molecule has 0 amide bonds. The summed E-state index contributed by atoms with van der Waals surface area (Å²) in [6, 6.07) is 10.5. The summed E-state index contributed by atoms with van der Waals surface area (Å²) in [7, 11) is 0. The van der Waals surface area contributed by atoms with Crippen molar-refractivity contribution in [3.63, 3.8) is 0 Å². The van der Waals surface area contributed by atoms with Gasteiger partial charge in [0.05, 0.1) is 0 Å². The van der Waals surface area contributed by atoms with E-state index >= 15 is 0 Å². The molecule has 1 aromatic carbocycles. The van der Waals surface area contributed by atoms with Crippen LogP contribution >= 0.6 is 0 Å². The first-order chi connectivity index (χ1) is 19.7. The first kappa shape index (κ1) is 34.5. The molecule has 2 nitrogen and oxygen atoms in total. The highest BCUT2D eigenvalue weighted by molar-refractivity contribution is 5.61. The second kappa shape index (κ2) is 25.7. The van der Waals surface area contributed by atoms with Crippen LogP contribution in [0, 0.1) is 0 Å². The zero-order chi connectivity index (χ0) is 28.9. The molecule has 2 N–H and O–H groups in total. The van der Waals surface area contributed by atoms with Crippen LogP contribution in [0.15, 0.2) is 135 Å². The normalized spacial score (nSPS) is 12.9. The van der Waals surface area contributed by atoms with Crippen LogP contribution in [0.25, 0.3) is 5.70 Å². The van der Waals surface area contributed by atoms with Crippen LogP contribution in [-0.2, 0) is 0 Å². The van der Waals surface area contributed by atoms with E-state index in [9.17, 15) is 0 Å². The minimum atomic E-state index is 0.240. The molecule has 0 saturated carbocycles. The van der Waals surface area contributed by atoms with Gasteiger partial charge in [-0.25, -0.2) is 0 Å². The second-order valence-corrected chi connectivity index (χ2v) is 9.81. The van der Waals surface area contributed by atoms with Crippen molar-refractivity contribution >= 4 is 5.70 Å². The average Bonchev–Trinajstić information content (AvgIpc) is 2.97. The fourth-order valence-corrected chi connectivity index (χ4v) is 3.94. The van der Waals surface area contributed by atoms with Crippen molar-refractivity contribution in [1.82, 2.24) is 10.6 Å². The van der Waals surface area contributed by atoms with E-state index in [0.29, 0.717) is 0 Å². The Kier molecular flexibility index (Phi) is 22.2. The van der Waals surface area contributed by atoms with E-state index in [1.54, 1.807) is 0 Å². The SMILES string of the molecule is C=CC(CCCCNC(=C)CC/C=C\C/C=C\C/C=C\C/C=C\C/C=C\C/C=C\CC)NC(=C)c1ccccc1. The predicted octanol–water partition coefficient (Wildman–Crippen LogP) is 10.6. The van der Waals surface area contributed by atoms with Crippen LogP contribution in [0.2, 0.25) is 0 Å². The molecule has 0 aliphatic rings. The molecule has 1 unspecified atom stereocenters. The molecule has 0 saturated heterocycles. The Morgan fingerprint density at radius 2 is 1.25 bits per heavy atom. The topological polar surface area (TPSA) is 24.1 Å². The molecule has 0 aliphatic carbocycles. The Hall–Kier alpha value is -3.52. The van der Waals surface area contributed by atoms with Crippen molar-refractivity contribution in [2.24, 2.45) is 0 Å². The first-order valence-corrected chi connectivity index (χ1v) is 15.1. The summed E-state index contributed by atoms with van der Waals surface area (Å²) in [6.07, 6.45) is 40.2. The quantitative estimate of drug-likeness (QED) is 0.101. The minimum Gasteiger partial charge on any atom is -0.389 e. The highest BCUT2D eigenvalue weighted by atomic mass is 14.9. The van der Waals surface area contributed by atoms with Gasteiger partial charge in [0, 0.05) is 24.0 Å². The van der Waals surface area contributed by atoms with Crippen LogP contribution in [0.1, 0.15) is 83.1 Å². The van der Waals surface area contributed by atoms with Gasteiger partial charge in [-0.05, 0) is 76.2 Å². The summed E-state index contributed by atoms with van der Waals surface area (Å²) in [5.41, 5.74) is 3.20. The van der Waals surface area contributed by atoms with Gasteiger partial charge in [-0.1, -0.05) is 129 Å². The summed E-state index contributed by atoms with van der Waals surface area (Å²) < 4.78 is 0. The van der Waals surface area contributed by atoms with Gasteiger partial charge < -0.3 is 10.6 Å². The second-order valence-electron chi connectivity index (χ2n) is 9.81. The fraction of sp³-hybridized carbons (Fsp3) is 0.368. The fourth-order valence-electron chi connectivity index (χ4n) is 3.94. The third-order valence-electron chi connectivity index (χ3n) is 6.29.